The van der Waals surface area contributed by atoms with E-state index in [1.54, 1.807) is 30.3 Å². The number of amides is 1. The van der Waals surface area contributed by atoms with Gasteiger partial charge in [0.15, 0.2) is 0 Å². The van der Waals surface area contributed by atoms with Crippen molar-refractivity contribution in [2.24, 2.45) is 5.92 Å². The molecule has 1 N–H and O–H groups in total. The fourth-order valence-corrected chi connectivity index (χ4v) is 9.84. The van der Waals surface area contributed by atoms with E-state index in [0.29, 0.717) is 30.5 Å². The predicted octanol–water partition coefficient (Wildman–Crippen LogP) is 5.60. The molecule has 1 aromatic heterocycles. The largest absolute Gasteiger partial charge is 0.394 e. The number of carbonyl (C=O) groups excluding carboxylic acids is 1. The number of aliphatic hydroxyl groups excluding tert-OH is 1. The molecule has 0 bridgehead atoms. The third-order valence-corrected chi connectivity index (χ3v) is 12.0. The van der Waals surface area contributed by atoms with E-state index in [9.17, 15) is 14.7 Å². The van der Waals surface area contributed by atoms with Gasteiger partial charge in [-0.2, -0.15) is 9.78 Å². The van der Waals surface area contributed by atoms with Crippen molar-refractivity contribution < 1.29 is 18.7 Å². The van der Waals surface area contributed by atoms with Crippen LogP contribution >= 0.6 is 0 Å². The molecule has 0 spiro atoms. The molecule has 1 fully saturated rings. The van der Waals surface area contributed by atoms with Crippen molar-refractivity contribution in [1.82, 2.24) is 14.7 Å². The van der Waals surface area contributed by atoms with Gasteiger partial charge in [0, 0.05) is 17.5 Å². The molecule has 1 saturated heterocycles. The molecule has 9 heteroatoms. The van der Waals surface area contributed by atoms with E-state index in [2.05, 4.69) is 12.0 Å². The van der Waals surface area contributed by atoms with E-state index in [1.807, 2.05) is 66.7 Å². The summed E-state index contributed by atoms with van der Waals surface area (Å²) in [6.45, 7) is 5.83. The molecule has 0 radical (unpaired) electrons. The molecule has 2 aliphatic heterocycles. The number of fused-ring (bicyclic) bond motifs is 2. The van der Waals surface area contributed by atoms with Gasteiger partial charge in [0.25, 0.3) is 5.56 Å². The average molecular weight is 614 g/mol. The third-order valence-electron chi connectivity index (χ3n) is 9.55. The number of aryl methyl sites for hydroxylation is 1. The SMILES string of the molecule is C[C@H]1[C@H]([Si](C)(C)F)[C@@H](CC(=O)N2Cc3ccccc3C[C@H]2CO)O[C@H]1CCc1ccc(-n2ncc3ccccc3c2=O)cc1. The third kappa shape index (κ3) is 6.01. The van der Waals surface area contributed by atoms with E-state index < -0.39 is 14.5 Å². The Morgan fingerprint density at radius 2 is 1.73 bits per heavy atom. The van der Waals surface area contributed by atoms with Crippen LogP contribution in [-0.4, -0.2) is 59.0 Å². The first kappa shape index (κ1) is 30.4. The van der Waals surface area contributed by atoms with Gasteiger partial charge in [-0.3, -0.25) is 9.59 Å². The van der Waals surface area contributed by atoms with Gasteiger partial charge in [-0.05, 0) is 73.2 Å². The highest BCUT2D eigenvalue weighted by Gasteiger charge is 2.52. The molecule has 5 atom stereocenters. The summed E-state index contributed by atoms with van der Waals surface area (Å²) in [6, 6.07) is 22.9. The molecule has 1 amide bonds. The molecular formula is C35H40FN3O4Si. The summed E-state index contributed by atoms with van der Waals surface area (Å²) in [7, 11) is -3.15. The number of carbonyl (C=O) groups is 1. The van der Waals surface area contributed by atoms with E-state index >= 15 is 4.11 Å². The van der Waals surface area contributed by atoms with Gasteiger partial charge in [-0.1, -0.05) is 61.5 Å². The van der Waals surface area contributed by atoms with Gasteiger partial charge in [-0.15, -0.1) is 0 Å². The van der Waals surface area contributed by atoms with Crippen molar-refractivity contribution in [1.29, 1.82) is 0 Å². The molecular weight excluding hydrogens is 573 g/mol. The molecule has 0 aliphatic carbocycles. The van der Waals surface area contributed by atoms with Crippen LogP contribution < -0.4 is 5.56 Å². The Kier molecular flexibility index (Phi) is 8.54. The van der Waals surface area contributed by atoms with Gasteiger partial charge in [0.1, 0.15) is 0 Å². The van der Waals surface area contributed by atoms with Crippen LogP contribution in [0.1, 0.15) is 36.5 Å². The van der Waals surface area contributed by atoms with E-state index in [1.165, 1.54) is 4.68 Å². The summed E-state index contributed by atoms with van der Waals surface area (Å²) < 4.78 is 23.7. The number of rotatable bonds is 8. The summed E-state index contributed by atoms with van der Waals surface area (Å²) in [5, 5.41) is 15.9. The first-order chi connectivity index (χ1) is 21.1. The molecule has 4 aromatic rings. The van der Waals surface area contributed by atoms with Gasteiger partial charge >= 0.3 is 0 Å². The number of hydrogen-bond donors (Lipinski definition) is 1. The maximum atomic E-state index is 15.8. The maximum absolute atomic E-state index is 15.8. The van der Waals surface area contributed by atoms with Crippen LogP contribution in [0.3, 0.4) is 0 Å². The second kappa shape index (κ2) is 12.4. The van der Waals surface area contributed by atoms with Crippen molar-refractivity contribution in [2.45, 2.75) is 76.0 Å². The summed E-state index contributed by atoms with van der Waals surface area (Å²) >= 11 is 0. The van der Waals surface area contributed by atoms with Crippen molar-refractivity contribution >= 4 is 25.1 Å². The Bertz CT molecular complexity index is 1700. The average Bonchev–Trinajstić information content (AvgIpc) is 3.34. The second-order valence-electron chi connectivity index (χ2n) is 12.9. The van der Waals surface area contributed by atoms with E-state index in [0.717, 1.165) is 28.5 Å². The molecule has 6 rings (SSSR count). The molecule has 230 valence electrons. The standard InChI is InChI=1S/C35H40FN3O4Si/c1-23-31(17-14-24-12-15-28(16-13-24)39-35(42)30-11-7-6-9-26(30)20-37-39)43-32(34(23)44(2,3)36)19-33(41)38-21-27-10-5-4-8-25(27)18-29(38)22-40/h4-13,15-16,20,23,29,31-32,34,40H,14,17-19,21-22H2,1-3H3/t23-,29+,31+,32-,34+/m1/s1. The number of ether oxygens (including phenoxy) is 1. The van der Waals surface area contributed by atoms with Crippen LogP contribution in [-0.2, 0) is 28.9 Å². The van der Waals surface area contributed by atoms with Crippen LogP contribution in [0.25, 0.3) is 16.5 Å². The number of benzene rings is 3. The minimum atomic E-state index is -3.15. The van der Waals surface area contributed by atoms with E-state index in [-0.39, 0.29) is 48.1 Å². The Morgan fingerprint density at radius 1 is 1.02 bits per heavy atom. The van der Waals surface area contributed by atoms with Gasteiger partial charge in [0.05, 0.1) is 48.5 Å². The van der Waals surface area contributed by atoms with Crippen molar-refractivity contribution in [2.75, 3.05) is 6.61 Å². The fraction of sp³-hybridized carbons (Fsp3) is 0.400. The molecule has 0 saturated carbocycles. The summed E-state index contributed by atoms with van der Waals surface area (Å²) in [5.41, 5.74) is 3.57. The highest BCUT2D eigenvalue weighted by molar-refractivity contribution is 6.72. The topological polar surface area (TPSA) is 84.7 Å². The van der Waals surface area contributed by atoms with Crippen LogP contribution in [0.4, 0.5) is 4.11 Å². The zero-order valence-corrected chi connectivity index (χ0v) is 26.5. The number of halogens is 1. The Balaban J connectivity index is 1.13. The molecule has 3 aromatic carbocycles. The highest BCUT2D eigenvalue weighted by atomic mass is 28.4. The first-order valence-electron chi connectivity index (χ1n) is 15.5. The normalized spacial score (nSPS) is 23.6. The van der Waals surface area contributed by atoms with Crippen LogP contribution in [0.2, 0.25) is 18.6 Å². The van der Waals surface area contributed by atoms with E-state index in [4.69, 9.17) is 4.74 Å². The predicted molar refractivity (Wildman–Crippen MR) is 172 cm³/mol. The van der Waals surface area contributed by atoms with Crippen LogP contribution in [0.15, 0.2) is 83.8 Å². The molecule has 7 nitrogen and oxygen atoms in total. The number of aliphatic hydroxyl groups is 1. The lowest BCUT2D eigenvalue weighted by molar-refractivity contribution is -0.138. The summed E-state index contributed by atoms with van der Waals surface area (Å²) in [5.74, 6) is -0.109. The van der Waals surface area contributed by atoms with Gasteiger partial charge in [0.2, 0.25) is 14.3 Å². The zero-order chi connectivity index (χ0) is 31.0. The minimum Gasteiger partial charge on any atom is -0.394 e. The second-order valence-corrected chi connectivity index (χ2v) is 16.6. The molecule has 0 unspecified atom stereocenters. The lowest BCUT2D eigenvalue weighted by Gasteiger charge is -2.37. The van der Waals surface area contributed by atoms with Crippen LogP contribution in [0.5, 0.6) is 0 Å². The van der Waals surface area contributed by atoms with Gasteiger partial charge < -0.3 is 18.9 Å². The minimum absolute atomic E-state index is 0.0187. The first-order valence-corrected chi connectivity index (χ1v) is 18.5. The van der Waals surface area contributed by atoms with Gasteiger partial charge in [-0.25, -0.2) is 0 Å². The smallest absolute Gasteiger partial charge is 0.279 e. The number of hydrogen-bond acceptors (Lipinski definition) is 5. The Hall–Kier alpha value is -3.66. The molecule has 2 aliphatic rings. The Morgan fingerprint density at radius 3 is 2.45 bits per heavy atom. The van der Waals surface area contributed by atoms with Crippen LogP contribution in [0, 0.1) is 5.92 Å². The summed E-state index contributed by atoms with van der Waals surface area (Å²) in [6.07, 6.45) is 3.21. The summed E-state index contributed by atoms with van der Waals surface area (Å²) in [4.78, 5) is 28.4. The lowest BCUT2D eigenvalue weighted by atomic mass is 9.93. The number of aromatic nitrogens is 2. The number of nitrogens with zero attached hydrogens (tertiary/aromatic N) is 3. The zero-order valence-electron chi connectivity index (χ0n) is 25.5. The van der Waals surface area contributed by atoms with Crippen molar-refractivity contribution in [3.05, 3.63) is 106 Å². The fourth-order valence-electron chi connectivity index (χ4n) is 7.30. The van der Waals surface area contributed by atoms with Crippen molar-refractivity contribution in [3.63, 3.8) is 0 Å². The van der Waals surface area contributed by atoms with Crippen molar-refractivity contribution in [3.8, 4) is 5.69 Å². The lowest BCUT2D eigenvalue weighted by Crippen LogP contribution is -2.48. The Labute approximate surface area is 258 Å². The maximum Gasteiger partial charge on any atom is 0.279 e. The quantitative estimate of drug-likeness (QED) is 0.207. The monoisotopic (exact) mass is 613 g/mol. The molecule has 44 heavy (non-hydrogen) atoms. The highest BCUT2D eigenvalue weighted by Crippen LogP contribution is 2.47. The molecule has 3 heterocycles.